The first-order valence-electron chi connectivity index (χ1n) is 6.91. The monoisotopic (exact) mass is 275 g/mol. The molecule has 2 atom stereocenters. The Balaban J connectivity index is 1.59. The lowest BCUT2D eigenvalue weighted by atomic mass is 10.2. The number of nitrogens with two attached hydrogens (primary N) is 1. The number of aliphatic hydroxyl groups is 1. The summed E-state index contributed by atoms with van der Waals surface area (Å²) in [4.78, 5) is 3.90. The Labute approximate surface area is 119 Å². The van der Waals surface area contributed by atoms with Crippen molar-refractivity contribution in [1.29, 1.82) is 0 Å². The number of aliphatic hydroxyl groups excluding tert-OH is 1. The molecule has 1 aliphatic rings. The van der Waals surface area contributed by atoms with Crippen LogP contribution >= 0.6 is 0 Å². The number of rotatable bonds is 7. The summed E-state index contributed by atoms with van der Waals surface area (Å²) in [5.41, 5.74) is 5.87. The molecule has 2 rings (SSSR count). The van der Waals surface area contributed by atoms with Crippen molar-refractivity contribution in [2.24, 2.45) is 11.7 Å². The predicted molar refractivity (Wildman–Crippen MR) is 77.1 cm³/mol. The van der Waals surface area contributed by atoms with Gasteiger partial charge in [-0.15, -0.1) is 0 Å². The Bertz CT molecular complexity index is 451. The van der Waals surface area contributed by atoms with Gasteiger partial charge in [0.05, 0.1) is 18.7 Å². The lowest BCUT2D eigenvalue weighted by Gasteiger charge is -2.19. The molecule has 4 N–H and O–H groups in total. The van der Waals surface area contributed by atoms with E-state index in [1.54, 1.807) is 24.5 Å². The molecule has 1 aromatic heterocycles. The Morgan fingerprint density at radius 3 is 2.90 bits per heavy atom. The number of ether oxygens (including phenoxy) is 1. The molecule has 0 amide bonds. The summed E-state index contributed by atoms with van der Waals surface area (Å²) in [6, 6.07) is 3.07. The van der Waals surface area contributed by atoms with Crippen molar-refractivity contribution in [3.05, 3.63) is 24.5 Å². The van der Waals surface area contributed by atoms with E-state index in [9.17, 15) is 5.11 Å². The summed E-state index contributed by atoms with van der Waals surface area (Å²) in [7, 11) is 0. The number of nitrogens with one attached hydrogen (secondary N) is 1. The molecule has 0 aliphatic heterocycles. The quantitative estimate of drug-likeness (QED) is 0.487. The zero-order valence-corrected chi connectivity index (χ0v) is 11.5. The molecule has 108 valence electrons. The molecule has 0 unspecified atom stereocenters. The van der Waals surface area contributed by atoms with Gasteiger partial charge in [-0.3, -0.25) is 4.98 Å². The Hall–Kier alpha value is -1.61. The van der Waals surface area contributed by atoms with Crippen LogP contribution in [0.5, 0.6) is 5.75 Å². The third-order valence-electron chi connectivity index (χ3n) is 3.04. The van der Waals surface area contributed by atoms with Crippen LogP contribution in [-0.4, -0.2) is 41.9 Å². The molecule has 5 heteroatoms. The smallest absolute Gasteiger partial charge is 0.122 e. The van der Waals surface area contributed by atoms with Crippen LogP contribution < -0.4 is 15.8 Å². The van der Waals surface area contributed by atoms with Crippen LogP contribution in [0, 0.1) is 17.8 Å². The molecule has 5 nitrogen and oxygen atoms in total. The van der Waals surface area contributed by atoms with Gasteiger partial charge in [-0.1, -0.05) is 11.8 Å². The van der Waals surface area contributed by atoms with E-state index >= 15 is 0 Å². The first-order valence-corrected chi connectivity index (χ1v) is 6.91. The molecule has 0 aromatic carbocycles. The minimum atomic E-state index is -0.653. The van der Waals surface area contributed by atoms with Gasteiger partial charge in [-0.2, -0.15) is 0 Å². The maximum Gasteiger partial charge on any atom is 0.122 e. The number of pyridine rings is 1. The highest BCUT2D eigenvalue weighted by Crippen LogP contribution is 2.27. The standard InChI is InChI=1S/C15H21N3O2/c16-14(11-20-13-5-8-17-9-6-13)15(19)10-18-7-1-2-12-3-4-12/h5-6,8-9,12,14-15,18-19H,3-4,7,10-11,16H2/t14-,15+/m0/s1. The second-order valence-corrected chi connectivity index (χ2v) is 4.95. The lowest BCUT2D eigenvalue weighted by Crippen LogP contribution is -2.45. The third-order valence-corrected chi connectivity index (χ3v) is 3.04. The summed E-state index contributed by atoms with van der Waals surface area (Å²) < 4.78 is 5.48. The first-order chi connectivity index (χ1) is 9.75. The van der Waals surface area contributed by atoms with Gasteiger partial charge in [0.15, 0.2) is 0 Å². The average molecular weight is 275 g/mol. The zero-order valence-electron chi connectivity index (χ0n) is 11.5. The second-order valence-electron chi connectivity index (χ2n) is 4.95. The molecule has 0 saturated heterocycles. The summed E-state index contributed by atoms with van der Waals surface area (Å²) in [5.74, 6) is 7.51. The molecule has 1 fully saturated rings. The second kappa shape index (κ2) is 7.85. The summed E-state index contributed by atoms with van der Waals surface area (Å²) in [5, 5.41) is 13.0. The molecule has 1 aromatic rings. The highest BCUT2D eigenvalue weighted by atomic mass is 16.5. The first kappa shape index (κ1) is 14.8. The summed E-state index contributed by atoms with van der Waals surface area (Å²) in [6.07, 6.45) is 5.11. The van der Waals surface area contributed by atoms with Gasteiger partial charge in [0.1, 0.15) is 12.4 Å². The Kier molecular flexibility index (Phi) is 5.81. The largest absolute Gasteiger partial charge is 0.492 e. The van der Waals surface area contributed by atoms with Gasteiger partial charge in [-0.25, -0.2) is 0 Å². The molecule has 1 aliphatic carbocycles. The molecule has 20 heavy (non-hydrogen) atoms. The maximum atomic E-state index is 9.89. The fourth-order valence-corrected chi connectivity index (χ4v) is 1.59. The van der Waals surface area contributed by atoms with Gasteiger partial charge < -0.3 is 20.9 Å². The highest BCUT2D eigenvalue weighted by Gasteiger charge is 2.17. The van der Waals surface area contributed by atoms with Gasteiger partial charge in [0.25, 0.3) is 0 Å². The van der Waals surface area contributed by atoms with E-state index in [2.05, 4.69) is 22.1 Å². The summed E-state index contributed by atoms with van der Waals surface area (Å²) >= 11 is 0. The molecule has 1 heterocycles. The average Bonchev–Trinajstić information content (AvgIpc) is 3.29. The van der Waals surface area contributed by atoms with Crippen molar-refractivity contribution in [3.63, 3.8) is 0 Å². The van der Waals surface area contributed by atoms with Crippen LogP contribution in [-0.2, 0) is 0 Å². The van der Waals surface area contributed by atoms with Crippen molar-refractivity contribution < 1.29 is 9.84 Å². The van der Waals surface area contributed by atoms with Gasteiger partial charge >= 0.3 is 0 Å². The fourth-order valence-electron chi connectivity index (χ4n) is 1.59. The fraction of sp³-hybridized carbons (Fsp3) is 0.533. The number of aromatic nitrogens is 1. The number of hydrogen-bond donors (Lipinski definition) is 3. The van der Waals surface area contributed by atoms with Crippen molar-refractivity contribution in [3.8, 4) is 17.6 Å². The van der Waals surface area contributed by atoms with Crippen LogP contribution in [0.25, 0.3) is 0 Å². The van der Waals surface area contributed by atoms with Crippen LogP contribution in [0.1, 0.15) is 12.8 Å². The van der Waals surface area contributed by atoms with Crippen LogP contribution in [0.2, 0.25) is 0 Å². The van der Waals surface area contributed by atoms with E-state index in [1.165, 1.54) is 12.8 Å². The lowest BCUT2D eigenvalue weighted by molar-refractivity contribution is 0.115. The van der Waals surface area contributed by atoms with Crippen molar-refractivity contribution in [2.75, 3.05) is 19.7 Å². The molecular weight excluding hydrogens is 254 g/mol. The predicted octanol–water partition coefficient (Wildman–Crippen LogP) is 0.152. The third kappa shape index (κ3) is 5.57. The number of nitrogens with zero attached hydrogens (tertiary/aromatic N) is 1. The maximum absolute atomic E-state index is 9.89. The van der Waals surface area contributed by atoms with Gasteiger partial charge in [0.2, 0.25) is 0 Å². The topological polar surface area (TPSA) is 80.4 Å². The SMILES string of the molecule is N[C@@H](COc1ccncc1)[C@H](O)CNCC#CC1CC1. The van der Waals surface area contributed by atoms with Crippen molar-refractivity contribution in [2.45, 2.75) is 25.0 Å². The van der Waals surface area contributed by atoms with E-state index in [-0.39, 0.29) is 6.61 Å². The van der Waals surface area contributed by atoms with Crippen LogP contribution in [0.15, 0.2) is 24.5 Å². The summed E-state index contributed by atoms with van der Waals surface area (Å²) in [6.45, 7) is 1.27. The number of hydrogen-bond acceptors (Lipinski definition) is 5. The normalized spacial score (nSPS) is 16.9. The molecule has 1 saturated carbocycles. The van der Waals surface area contributed by atoms with E-state index < -0.39 is 12.1 Å². The molecule has 0 spiro atoms. The van der Waals surface area contributed by atoms with Gasteiger partial charge in [0, 0.05) is 24.9 Å². The van der Waals surface area contributed by atoms with E-state index in [0.717, 1.165) is 0 Å². The Morgan fingerprint density at radius 2 is 2.20 bits per heavy atom. The zero-order chi connectivity index (χ0) is 14.2. The minimum absolute atomic E-state index is 0.264. The van der Waals surface area contributed by atoms with Crippen molar-refractivity contribution in [1.82, 2.24) is 10.3 Å². The van der Waals surface area contributed by atoms with Crippen LogP contribution in [0.4, 0.5) is 0 Å². The van der Waals surface area contributed by atoms with E-state index in [1.807, 2.05) is 0 Å². The van der Waals surface area contributed by atoms with Crippen LogP contribution in [0.3, 0.4) is 0 Å². The Morgan fingerprint density at radius 1 is 1.45 bits per heavy atom. The highest BCUT2D eigenvalue weighted by molar-refractivity contribution is 5.16. The minimum Gasteiger partial charge on any atom is -0.492 e. The van der Waals surface area contributed by atoms with Crippen molar-refractivity contribution >= 4 is 0 Å². The van der Waals surface area contributed by atoms with E-state index in [0.29, 0.717) is 24.8 Å². The van der Waals surface area contributed by atoms with E-state index in [4.69, 9.17) is 10.5 Å². The molecule has 0 radical (unpaired) electrons. The molecule has 0 bridgehead atoms. The van der Waals surface area contributed by atoms with Gasteiger partial charge in [-0.05, 0) is 25.0 Å². The molecular formula is C15H21N3O2.